The predicted molar refractivity (Wildman–Crippen MR) is 103 cm³/mol. The fraction of sp³-hybridized carbons (Fsp3) is 0.263. The normalized spacial score (nSPS) is 10.7. The average Bonchev–Trinajstić information content (AvgIpc) is 2.98. The van der Waals surface area contributed by atoms with Gasteiger partial charge >= 0.3 is 0 Å². The van der Waals surface area contributed by atoms with Gasteiger partial charge in [0.05, 0.1) is 12.2 Å². The molecule has 0 atom stereocenters. The van der Waals surface area contributed by atoms with Gasteiger partial charge in [0.2, 0.25) is 0 Å². The first-order valence-corrected chi connectivity index (χ1v) is 9.22. The van der Waals surface area contributed by atoms with E-state index >= 15 is 0 Å². The average molecular weight is 364 g/mol. The molecule has 0 N–H and O–H groups in total. The van der Waals surface area contributed by atoms with Crippen molar-refractivity contribution in [2.45, 2.75) is 42.8 Å². The minimum absolute atomic E-state index is 0.233. The van der Waals surface area contributed by atoms with Crippen LogP contribution in [0, 0.1) is 0 Å². The summed E-state index contributed by atoms with van der Waals surface area (Å²) >= 11 is 1.64. The van der Waals surface area contributed by atoms with Gasteiger partial charge in [0.15, 0.2) is 0 Å². The molecule has 0 spiro atoms. The predicted octanol–water partition coefficient (Wildman–Crippen LogP) is 5.41. The molecular weight excluding hydrogens is 344 g/mol. The van der Waals surface area contributed by atoms with E-state index < -0.39 is 0 Å². The summed E-state index contributed by atoms with van der Waals surface area (Å²) < 4.78 is 2.17. The number of pyridine rings is 1. The first-order chi connectivity index (χ1) is 12.7. The molecule has 0 aliphatic carbocycles. The van der Waals surface area contributed by atoms with Crippen LogP contribution >= 0.6 is 11.8 Å². The molecule has 1 aromatic carbocycles. The maximum Gasteiger partial charge on any atom is 0.123 e. The highest BCUT2D eigenvalue weighted by Crippen LogP contribution is 2.34. The summed E-state index contributed by atoms with van der Waals surface area (Å²) in [6.45, 7) is 5.23. The highest BCUT2D eigenvalue weighted by molar-refractivity contribution is 7.99. The minimum Gasteiger partial charge on any atom is -0.326 e. The third-order valence-electron chi connectivity index (χ3n) is 3.92. The maximum absolute atomic E-state index is 8.74. The zero-order valence-corrected chi connectivity index (χ0v) is 15.6. The first-order valence-electron chi connectivity index (χ1n) is 8.41. The van der Waals surface area contributed by atoms with Crippen LogP contribution in [0.25, 0.3) is 10.4 Å². The van der Waals surface area contributed by atoms with Gasteiger partial charge in [-0.05, 0) is 41.3 Å². The number of aromatic nitrogens is 3. The smallest absolute Gasteiger partial charge is 0.123 e. The second-order valence-corrected chi connectivity index (χ2v) is 7.18. The Kier molecular flexibility index (Phi) is 5.94. The second kappa shape index (κ2) is 8.56. The number of azide groups is 1. The summed E-state index contributed by atoms with van der Waals surface area (Å²) in [6.07, 6.45) is 3.57. The van der Waals surface area contributed by atoms with Crippen molar-refractivity contribution in [2.75, 3.05) is 0 Å². The lowest BCUT2D eigenvalue weighted by Crippen LogP contribution is -2.10. The van der Waals surface area contributed by atoms with Crippen molar-refractivity contribution in [3.05, 3.63) is 82.4 Å². The molecular formula is C19H20N6S. The highest BCUT2D eigenvalue weighted by atomic mass is 32.2. The Morgan fingerprint density at radius 1 is 1.15 bits per heavy atom. The molecule has 7 heteroatoms. The summed E-state index contributed by atoms with van der Waals surface area (Å²) in [4.78, 5) is 12.9. The Morgan fingerprint density at radius 3 is 2.54 bits per heavy atom. The van der Waals surface area contributed by atoms with Crippen LogP contribution < -0.4 is 0 Å². The Hall–Kier alpha value is -2.76. The van der Waals surface area contributed by atoms with Crippen LogP contribution in [0.1, 0.15) is 36.8 Å². The Balaban J connectivity index is 2.05. The van der Waals surface area contributed by atoms with Crippen molar-refractivity contribution in [2.24, 2.45) is 5.11 Å². The number of hydrogen-bond acceptors (Lipinski definition) is 4. The van der Waals surface area contributed by atoms with E-state index in [1.54, 1.807) is 24.2 Å². The minimum atomic E-state index is 0.233. The van der Waals surface area contributed by atoms with Crippen molar-refractivity contribution in [1.82, 2.24) is 14.5 Å². The van der Waals surface area contributed by atoms with Crippen molar-refractivity contribution in [1.29, 1.82) is 0 Å². The summed E-state index contributed by atoms with van der Waals surface area (Å²) in [5.74, 6) is 1.07. The molecule has 0 amide bonds. The van der Waals surface area contributed by atoms with Crippen LogP contribution in [0.2, 0.25) is 0 Å². The number of nitrogens with zero attached hydrogens (tertiary/aromatic N) is 6. The molecule has 3 rings (SSSR count). The summed E-state index contributed by atoms with van der Waals surface area (Å²) in [7, 11) is 0. The summed E-state index contributed by atoms with van der Waals surface area (Å²) in [6, 6.07) is 14.2. The second-order valence-electron chi connectivity index (χ2n) is 6.12. The molecule has 0 bridgehead atoms. The van der Waals surface area contributed by atoms with E-state index in [0.29, 0.717) is 6.54 Å². The summed E-state index contributed by atoms with van der Waals surface area (Å²) in [5, 5.41) is 4.70. The van der Waals surface area contributed by atoms with Crippen LogP contribution in [0.5, 0.6) is 0 Å². The van der Waals surface area contributed by atoms with Crippen molar-refractivity contribution in [3.8, 4) is 0 Å². The van der Waals surface area contributed by atoms with Gasteiger partial charge in [-0.15, -0.1) is 0 Å². The van der Waals surface area contributed by atoms with E-state index in [4.69, 9.17) is 10.5 Å². The van der Waals surface area contributed by atoms with Gasteiger partial charge in [0, 0.05) is 28.7 Å². The van der Waals surface area contributed by atoms with Gasteiger partial charge < -0.3 is 4.57 Å². The lowest BCUT2D eigenvalue weighted by atomic mass is 10.1. The van der Waals surface area contributed by atoms with Crippen molar-refractivity contribution in [3.63, 3.8) is 0 Å². The highest BCUT2D eigenvalue weighted by Gasteiger charge is 2.20. The lowest BCUT2D eigenvalue weighted by Gasteiger charge is -2.15. The third-order valence-corrected chi connectivity index (χ3v) is 4.92. The first kappa shape index (κ1) is 18.0. The van der Waals surface area contributed by atoms with E-state index in [-0.39, 0.29) is 12.5 Å². The van der Waals surface area contributed by atoms with Crippen LogP contribution in [-0.2, 0) is 13.1 Å². The number of benzene rings is 1. The van der Waals surface area contributed by atoms with E-state index in [2.05, 4.69) is 45.6 Å². The topological polar surface area (TPSA) is 79.5 Å². The number of imidazole rings is 1. The van der Waals surface area contributed by atoms with Crippen LogP contribution in [-0.4, -0.2) is 14.5 Å². The molecule has 0 saturated heterocycles. The molecule has 132 valence electrons. The van der Waals surface area contributed by atoms with E-state index in [1.807, 2.05) is 30.3 Å². The van der Waals surface area contributed by atoms with Gasteiger partial charge in [-0.3, -0.25) is 4.98 Å². The molecule has 3 aromatic rings. The maximum atomic E-state index is 8.74. The van der Waals surface area contributed by atoms with Gasteiger partial charge in [-0.2, -0.15) is 0 Å². The zero-order chi connectivity index (χ0) is 18.4. The molecule has 2 heterocycles. The molecule has 0 radical (unpaired) electrons. The van der Waals surface area contributed by atoms with Gasteiger partial charge in [-0.25, -0.2) is 4.98 Å². The van der Waals surface area contributed by atoms with E-state index in [9.17, 15) is 0 Å². The molecule has 0 saturated carbocycles. The lowest BCUT2D eigenvalue weighted by molar-refractivity contribution is 0.649. The molecule has 26 heavy (non-hydrogen) atoms. The molecule has 0 aliphatic heterocycles. The quantitative estimate of drug-likeness (QED) is 0.319. The van der Waals surface area contributed by atoms with Crippen molar-refractivity contribution < 1.29 is 0 Å². The SMILES string of the molecule is CC(C)c1c(Sc2ccccc2)nc(CN=[N+]=[N-])n1Cc1ccncc1. The molecule has 6 nitrogen and oxygen atoms in total. The largest absolute Gasteiger partial charge is 0.326 e. The Morgan fingerprint density at radius 2 is 1.88 bits per heavy atom. The standard InChI is InChI=1S/C19H20N6S/c1-14(2)18-19(26-16-6-4-3-5-7-16)23-17(12-22-24-20)25(18)13-15-8-10-21-11-9-15/h3-11,14H,12-13H2,1-2H3. The van der Waals surface area contributed by atoms with Gasteiger partial charge in [-0.1, -0.05) is 48.9 Å². The molecule has 2 aromatic heterocycles. The van der Waals surface area contributed by atoms with Crippen LogP contribution in [0.4, 0.5) is 0 Å². The Labute approximate surface area is 156 Å². The Bertz CT molecular complexity index is 899. The van der Waals surface area contributed by atoms with E-state index in [0.717, 1.165) is 27.0 Å². The fourth-order valence-electron chi connectivity index (χ4n) is 2.79. The fourth-order valence-corrected chi connectivity index (χ4v) is 3.90. The third kappa shape index (κ3) is 4.25. The molecule has 0 aliphatic rings. The number of hydrogen-bond donors (Lipinski definition) is 0. The van der Waals surface area contributed by atoms with Gasteiger partial charge in [0.1, 0.15) is 10.9 Å². The van der Waals surface area contributed by atoms with Crippen LogP contribution in [0.15, 0.2) is 69.9 Å². The molecule has 0 fully saturated rings. The van der Waals surface area contributed by atoms with E-state index in [1.165, 1.54) is 0 Å². The summed E-state index contributed by atoms with van der Waals surface area (Å²) in [5.41, 5.74) is 11.0. The van der Waals surface area contributed by atoms with Crippen molar-refractivity contribution >= 4 is 11.8 Å². The molecule has 0 unspecified atom stereocenters. The number of rotatable bonds is 7. The van der Waals surface area contributed by atoms with Crippen LogP contribution in [0.3, 0.4) is 0 Å². The zero-order valence-electron chi connectivity index (χ0n) is 14.8. The monoisotopic (exact) mass is 364 g/mol. The van der Waals surface area contributed by atoms with Gasteiger partial charge in [0.25, 0.3) is 0 Å².